The van der Waals surface area contributed by atoms with E-state index in [-0.39, 0.29) is 23.6 Å². The minimum Gasteiger partial charge on any atom is -0.457 e. The second-order valence-electron chi connectivity index (χ2n) is 9.57. The number of thiazole rings is 1. The number of ether oxygens (including phenoxy) is 1. The lowest BCUT2D eigenvalue weighted by atomic mass is 9.84. The summed E-state index contributed by atoms with van der Waals surface area (Å²) in [5, 5.41) is 11.4. The molecule has 2 aromatic heterocycles. The zero-order valence-electron chi connectivity index (χ0n) is 20.2. The number of rotatable bonds is 8. The predicted molar refractivity (Wildman–Crippen MR) is 125 cm³/mol. The molecule has 0 saturated heterocycles. The molecule has 194 valence electrons. The lowest BCUT2D eigenvalue weighted by Crippen LogP contribution is -2.39. The third kappa shape index (κ3) is 7.39. The molecule has 35 heavy (non-hydrogen) atoms. The molecule has 12 heteroatoms. The molecule has 8 nitrogen and oxygen atoms in total. The van der Waals surface area contributed by atoms with Crippen molar-refractivity contribution in [2.45, 2.75) is 76.6 Å². The molecule has 1 N–H and O–H groups in total. The van der Waals surface area contributed by atoms with Gasteiger partial charge in [-0.3, -0.25) is 4.79 Å². The molecule has 0 aromatic carbocycles. The highest BCUT2D eigenvalue weighted by molar-refractivity contribution is 7.13. The number of amides is 1. The molecule has 1 fully saturated rings. The van der Waals surface area contributed by atoms with E-state index in [1.807, 2.05) is 0 Å². The van der Waals surface area contributed by atoms with Crippen LogP contribution < -0.4 is 10.1 Å². The van der Waals surface area contributed by atoms with Crippen molar-refractivity contribution in [3.63, 3.8) is 0 Å². The standard InChI is InChI=1S/C23H33F3N6O2S/c1-15(23(24,25)26)34-22-29-19-8-11-32(12-9-20(19)35-22)10-7-16-3-5-17(6-4-16)28-21(33)13-18-14-27-31(2)30-18/h14-17H,3-13H2,1-2H3,(H,28,33)/t15-,16?,17?/m0/s1. The van der Waals surface area contributed by atoms with E-state index in [0.29, 0.717) is 11.6 Å². The first kappa shape index (κ1) is 25.9. The van der Waals surface area contributed by atoms with Crippen molar-refractivity contribution in [1.82, 2.24) is 30.2 Å². The predicted octanol–water partition coefficient (Wildman–Crippen LogP) is 3.31. The summed E-state index contributed by atoms with van der Waals surface area (Å²) in [6.07, 6.45) is 2.51. The van der Waals surface area contributed by atoms with Crippen LogP contribution in [0.5, 0.6) is 5.19 Å². The molecular weight excluding hydrogens is 481 g/mol. The van der Waals surface area contributed by atoms with Gasteiger partial charge in [-0.15, -0.1) is 0 Å². The van der Waals surface area contributed by atoms with E-state index in [4.69, 9.17) is 4.74 Å². The summed E-state index contributed by atoms with van der Waals surface area (Å²) in [4.78, 5) is 21.5. The molecule has 1 saturated carbocycles. The third-order valence-corrected chi connectivity index (χ3v) is 7.92. The van der Waals surface area contributed by atoms with Crippen molar-refractivity contribution in [3.8, 4) is 5.19 Å². The smallest absolute Gasteiger partial charge is 0.425 e. The average Bonchev–Trinajstić information content (AvgIpc) is 3.33. The number of carbonyl (C=O) groups is 1. The van der Waals surface area contributed by atoms with Crippen LogP contribution in [0.25, 0.3) is 0 Å². The molecule has 1 amide bonds. The highest BCUT2D eigenvalue weighted by Crippen LogP contribution is 2.32. The van der Waals surface area contributed by atoms with Gasteiger partial charge in [0.1, 0.15) is 0 Å². The number of nitrogens with one attached hydrogen (secondary N) is 1. The van der Waals surface area contributed by atoms with Gasteiger partial charge in [0, 0.05) is 37.5 Å². The summed E-state index contributed by atoms with van der Waals surface area (Å²) in [5.74, 6) is 0.656. The summed E-state index contributed by atoms with van der Waals surface area (Å²) in [6.45, 7) is 3.77. The lowest BCUT2D eigenvalue weighted by Gasteiger charge is -2.30. The zero-order valence-corrected chi connectivity index (χ0v) is 21.0. The zero-order chi connectivity index (χ0) is 25.0. The first-order chi connectivity index (χ1) is 16.7. The Balaban J connectivity index is 1.14. The Labute approximate surface area is 207 Å². The summed E-state index contributed by atoms with van der Waals surface area (Å²) < 4.78 is 43.3. The van der Waals surface area contributed by atoms with Crippen LogP contribution in [0.3, 0.4) is 0 Å². The van der Waals surface area contributed by atoms with Gasteiger partial charge in [-0.25, -0.2) is 4.98 Å². The Kier molecular flexibility index (Phi) is 8.31. The quantitative estimate of drug-likeness (QED) is 0.582. The number of alkyl halides is 3. The number of fused-ring (bicyclic) bond motifs is 1. The Hall–Kier alpha value is -2.21. The summed E-state index contributed by atoms with van der Waals surface area (Å²) in [6, 6.07) is 0.229. The van der Waals surface area contributed by atoms with Gasteiger partial charge in [-0.05, 0) is 57.9 Å². The van der Waals surface area contributed by atoms with Gasteiger partial charge in [-0.1, -0.05) is 11.3 Å². The Morgan fingerprint density at radius 3 is 2.69 bits per heavy atom. The van der Waals surface area contributed by atoms with Crippen molar-refractivity contribution in [1.29, 1.82) is 0 Å². The number of aromatic nitrogens is 4. The van der Waals surface area contributed by atoms with Crippen LogP contribution in [0.4, 0.5) is 13.2 Å². The van der Waals surface area contributed by atoms with E-state index in [1.54, 1.807) is 13.2 Å². The minimum atomic E-state index is -4.39. The molecule has 0 spiro atoms. The van der Waals surface area contributed by atoms with Crippen LogP contribution in [0.2, 0.25) is 0 Å². The molecule has 0 unspecified atom stereocenters. The van der Waals surface area contributed by atoms with E-state index in [0.717, 1.165) is 82.1 Å². The van der Waals surface area contributed by atoms with Crippen molar-refractivity contribution >= 4 is 17.2 Å². The summed E-state index contributed by atoms with van der Waals surface area (Å²) >= 11 is 1.24. The van der Waals surface area contributed by atoms with E-state index in [1.165, 1.54) is 16.1 Å². The molecule has 2 aliphatic rings. The number of carbonyl (C=O) groups excluding carboxylic acids is 1. The van der Waals surface area contributed by atoms with Crippen LogP contribution in [0.1, 0.15) is 55.3 Å². The molecule has 3 heterocycles. The van der Waals surface area contributed by atoms with Crippen molar-refractivity contribution in [3.05, 3.63) is 22.5 Å². The van der Waals surface area contributed by atoms with Gasteiger partial charge >= 0.3 is 6.18 Å². The van der Waals surface area contributed by atoms with Gasteiger partial charge in [0.2, 0.25) is 5.91 Å². The molecule has 1 atom stereocenters. The van der Waals surface area contributed by atoms with Crippen LogP contribution in [0, 0.1) is 5.92 Å². The Morgan fingerprint density at radius 2 is 2.00 bits per heavy atom. The number of nitrogens with zero attached hydrogens (tertiary/aromatic N) is 5. The number of aryl methyl sites for hydroxylation is 1. The topological polar surface area (TPSA) is 85.2 Å². The average molecular weight is 515 g/mol. The first-order valence-corrected chi connectivity index (χ1v) is 13.1. The maximum Gasteiger partial charge on any atom is 0.425 e. The van der Waals surface area contributed by atoms with Gasteiger partial charge in [0.05, 0.1) is 24.0 Å². The molecular formula is C23H33F3N6O2S. The Morgan fingerprint density at radius 1 is 1.26 bits per heavy atom. The van der Waals surface area contributed by atoms with Crippen LogP contribution >= 0.6 is 11.3 Å². The van der Waals surface area contributed by atoms with Crippen molar-refractivity contribution < 1.29 is 22.7 Å². The van der Waals surface area contributed by atoms with E-state index in [2.05, 4.69) is 25.4 Å². The fraction of sp³-hybridized carbons (Fsp3) is 0.739. The fourth-order valence-electron chi connectivity index (χ4n) is 4.75. The highest BCUT2D eigenvalue weighted by Gasteiger charge is 2.39. The number of halogens is 3. The van der Waals surface area contributed by atoms with Crippen LogP contribution in [-0.4, -0.2) is 68.7 Å². The largest absolute Gasteiger partial charge is 0.457 e. The van der Waals surface area contributed by atoms with Gasteiger partial charge in [0.25, 0.3) is 5.19 Å². The molecule has 1 aliphatic heterocycles. The number of hydrogen-bond acceptors (Lipinski definition) is 7. The first-order valence-electron chi connectivity index (χ1n) is 12.2. The third-order valence-electron chi connectivity index (χ3n) is 6.87. The second kappa shape index (κ2) is 11.2. The van der Waals surface area contributed by atoms with Gasteiger partial charge in [-0.2, -0.15) is 28.2 Å². The Bertz CT molecular complexity index is 961. The molecule has 2 aromatic rings. The lowest BCUT2D eigenvalue weighted by molar-refractivity contribution is -0.189. The highest BCUT2D eigenvalue weighted by atomic mass is 32.1. The minimum absolute atomic E-state index is 0.000940. The van der Waals surface area contributed by atoms with Crippen LogP contribution in [0.15, 0.2) is 6.20 Å². The second-order valence-corrected chi connectivity index (χ2v) is 10.6. The normalized spacial score (nSPS) is 22.3. The van der Waals surface area contributed by atoms with Crippen molar-refractivity contribution in [2.24, 2.45) is 13.0 Å². The molecule has 4 rings (SSSR count). The monoisotopic (exact) mass is 514 g/mol. The van der Waals surface area contributed by atoms with E-state index < -0.39 is 12.3 Å². The van der Waals surface area contributed by atoms with Gasteiger partial charge < -0.3 is 15.0 Å². The fourth-order valence-corrected chi connectivity index (χ4v) is 5.77. The molecule has 0 radical (unpaired) electrons. The summed E-state index contributed by atoms with van der Waals surface area (Å²) in [5.41, 5.74) is 1.56. The van der Waals surface area contributed by atoms with Crippen molar-refractivity contribution in [2.75, 3.05) is 19.6 Å². The van der Waals surface area contributed by atoms with E-state index >= 15 is 0 Å². The molecule has 0 bridgehead atoms. The van der Waals surface area contributed by atoms with E-state index in [9.17, 15) is 18.0 Å². The summed E-state index contributed by atoms with van der Waals surface area (Å²) in [7, 11) is 1.73. The SMILES string of the molecule is C[C@H](Oc1nc2c(s1)CCN(CCC1CCC(NC(=O)Cc3cnn(C)n3)CC1)CC2)C(F)(F)F. The number of hydrogen-bond donors (Lipinski definition) is 1. The molecule has 1 aliphatic carbocycles. The van der Waals surface area contributed by atoms with Crippen LogP contribution in [-0.2, 0) is 31.1 Å². The van der Waals surface area contributed by atoms with Gasteiger partial charge in [0.15, 0.2) is 6.10 Å². The maximum absolute atomic E-state index is 12.8. The maximum atomic E-state index is 12.8.